The lowest BCUT2D eigenvalue weighted by Crippen LogP contribution is -3.14. The second-order valence-electron chi connectivity index (χ2n) is 6.73. The predicted molar refractivity (Wildman–Crippen MR) is 98.1 cm³/mol. The molecule has 0 aromatic heterocycles. The highest BCUT2D eigenvalue weighted by molar-refractivity contribution is 5.31. The quantitative estimate of drug-likeness (QED) is 0.772. The van der Waals surface area contributed by atoms with Crippen molar-refractivity contribution in [2.45, 2.75) is 32.0 Å². The van der Waals surface area contributed by atoms with E-state index in [9.17, 15) is 5.11 Å². The lowest BCUT2D eigenvalue weighted by Gasteiger charge is -2.25. The Hall–Kier alpha value is -2.04. The molecule has 25 heavy (non-hydrogen) atoms. The van der Waals surface area contributed by atoms with Gasteiger partial charge in [0, 0.05) is 0 Å². The van der Waals surface area contributed by atoms with Crippen molar-refractivity contribution < 1.29 is 19.5 Å². The van der Waals surface area contributed by atoms with Crippen LogP contribution in [-0.4, -0.2) is 37.5 Å². The van der Waals surface area contributed by atoms with E-state index in [1.54, 1.807) is 0 Å². The molecule has 1 aliphatic heterocycles. The number of benzene rings is 2. The fourth-order valence-electron chi connectivity index (χ4n) is 3.21. The molecular weight excluding hydrogens is 314 g/mol. The number of piperidine rings is 1. The minimum atomic E-state index is -0.415. The van der Waals surface area contributed by atoms with Crippen LogP contribution in [0.5, 0.6) is 11.5 Å². The molecule has 0 spiro atoms. The highest BCUT2D eigenvalue weighted by atomic mass is 16.5. The van der Waals surface area contributed by atoms with Crippen molar-refractivity contribution in [2.24, 2.45) is 0 Å². The Morgan fingerprint density at radius 2 is 1.48 bits per heavy atom. The fourth-order valence-corrected chi connectivity index (χ4v) is 3.21. The van der Waals surface area contributed by atoms with Crippen LogP contribution in [-0.2, 0) is 6.61 Å². The minimum Gasteiger partial charge on any atom is -0.491 e. The number of aliphatic hydroxyl groups is 1. The van der Waals surface area contributed by atoms with E-state index >= 15 is 0 Å². The van der Waals surface area contributed by atoms with Crippen LogP contribution < -0.4 is 14.4 Å². The van der Waals surface area contributed by atoms with Crippen molar-refractivity contribution in [3.63, 3.8) is 0 Å². The predicted octanol–water partition coefficient (Wildman–Crippen LogP) is 2.07. The standard InChI is InChI=1S/C21H27NO3/c23-19(15-22-13-5-2-6-14-22)17-25-21-11-9-20(10-12-21)24-16-18-7-3-1-4-8-18/h1,3-4,7-12,19,23H,2,5-6,13-17H2/p+1/t19-/m0/s1. The summed E-state index contributed by atoms with van der Waals surface area (Å²) in [5.74, 6) is 1.58. The summed E-state index contributed by atoms with van der Waals surface area (Å²) in [4.78, 5) is 1.49. The van der Waals surface area contributed by atoms with Gasteiger partial charge in [-0.15, -0.1) is 0 Å². The molecule has 0 radical (unpaired) electrons. The SMILES string of the molecule is O[C@H](COc1ccc(OCc2ccccc2)cc1)C[NH+]1CCCCC1. The van der Waals surface area contributed by atoms with Gasteiger partial charge in [-0.25, -0.2) is 0 Å². The minimum absolute atomic E-state index is 0.341. The van der Waals surface area contributed by atoms with Gasteiger partial charge in [0.1, 0.15) is 37.4 Å². The summed E-state index contributed by atoms with van der Waals surface area (Å²) in [6.45, 7) is 4.01. The average molecular weight is 342 g/mol. The zero-order chi connectivity index (χ0) is 17.3. The molecule has 1 saturated heterocycles. The Morgan fingerprint density at radius 3 is 2.16 bits per heavy atom. The molecular formula is C21H28NO3+. The number of rotatable bonds is 8. The van der Waals surface area contributed by atoms with E-state index in [1.165, 1.54) is 37.3 Å². The zero-order valence-electron chi connectivity index (χ0n) is 14.7. The largest absolute Gasteiger partial charge is 0.491 e. The van der Waals surface area contributed by atoms with Crippen molar-refractivity contribution in [2.75, 3.05) is 26.2 Å². The third kappa shape index (κ3) is 6.07. The summed E-state index contributed by atoms with van der Waals surface area (Å²) in [5, 5.41) is 10.2. The molecule has 1 fully saturated rings. The maximum absolute atomic E-state index is 10.2. The van der Waals surface area contributed by atoms with E-state index in [0.29, 0.717) is 13.2 Å². The Bertz CT molecular complexity index is 609. The van der Waals surface area contributed by atoms with Crippen molar-refractivity contribution in [3.8, 4) is 11.5 Å². The molecule has 0 amide bonds. The lowest BCUT2D eigenvalue weighted by atomic mass is 10.1. The number of quaternary nitrogens is 1. The van der Waals surface area contributed by atoms with E-state index in [2.05, 4.69) is 0 Å². The lowest BCUT2D eigenvalue weighted by molar-refractivity contribution is -0.908. The van der Waals surface area contributed by atoms with Crippen LogP contribution in [0, 0.1) is 0 Å². The maximum atomic E-state index is 10.2. The monoisotopic (exact) mass is 342 g/mol. The summed E-state index contributed by atoms with van der Waals surface area (Å²) in [6, 6.07) is 17.7. The van der Waals surface area contributed by atoms with Crippen LogP contribution in [0.15, 0.2) is 54.6 Å². The summed E-state index contributed by atoms with van der Waals surface area (Å²) in [7, 11) is 0. The van der Waals surface area contributed by atoms with Crippen LogP contribution >= 0.6 is 0 Å². The van der Waals surface area contributed by atoms with Crippen LogP contribution in [0.2, 0.25) is 0 Å². The molecule has 1 aliphatic rings. The molecule has 0 bridgehead atoms. The van der Waals surface area contributed by atoms with Gasteiger partial charge in [-0.05, 0) is 49.1 Å². The van der Waals surface area contributed by atoms with Gasteiger partial charge in [0.2, 0.25) is 0 Å². The Labute approximate surface area is 150 Å². The number of aliphatic hydroxyl groups excluding tert-OH is 1. The first-order valence-corrected chi connectivity index (χ1v) is 9.21. The number of likely N-dealkylation sites (tertiary alicyclic amines) is 1. The third-order valence-electron chi connectivity index (χ3n) is 4.60. The normalized spacial score (nSPS) is 16.4. The van der Waals surface area contributed by atoms with E-state index in [4.69, 9.17) is 9.47 Å². The molecule has 3 rings (SSSR count). The third-order valence-corrected chi connectivity index (χ3v) is 4.60. The van der Waals surface area contributed by atoms with Crippen molar-refractivity contribution in [3.05, 3.63) is 60.2 Å². The smallest absolute Gasteiger partial charge is 0.137 e. The Kier molecular flexibility index (Phi) is 6.71. The molecule has 134 valence electrons. The maximum Gasteiger partial charge on any atom is 0.137 e. The highest BCUT2D eigenvalue weighted by Gasteiger charge is 2.18. The first-order valence-electron chi connectivity index (χ1n) is 9.21. The first-order chi connectivity index (χ1) is 12.3. The average Bonchev–Trinajstić information content (AvgIpc) is 2.67. The molecule has 1 atom stereocenters. The molecule has 2 aromatic carbocycles. The second-order valence-corrected chi connectivity index (χ2v) is 6.73. The van der Waals surface area contributed by atoms with Crippen LogP contribution in [0.1, 0.15) is 24.8 Å². The highest BCUT2D eigenvalue weighted by Crippen LogP contribution is 2.18. The van der Waals surface area contributed by atoms with Crippen molar-refractivity contribution in [1.82, 2.24) is 0 Å². The van der Waals surface area contributed by atoms with E-state index in [-0.39, 0.29) is 0 Å². The van der Waals surface area contributed by atoms with Gasteiger partial charge in [0.05, 0.1) is 13.1 Å². The Morgan fingerprint density at radius 1 is 0.840 bits per heavy atom. The van der Waals surface area contributed by atoms with Gasteiger partial charge in [-0.3, -0.25) is 0 Å². The Balaban J connectivity index is 1.39. The molecule has 4 nitrogen and oxygen atoms in total. The van der Waals surface area contributed by atoms with Gasteiger partial charge in [0.25, 0.3) is 0 Å². The van der Waals surface area contributed by atoms with Crippen molar-refractivity contribution in [1.29, 1.82) is 0 Å². The van der Waals surface area contributed by atoms with Crippen LogP contribution in [0.3, 0.4) is 0 Å². The van der Waals surface area contributed by atoms with E-state index in [0.717, 1.165) is 23.6 Å². The van der Waals surface area contributed by atoms with E-state index in [1.807, 2.05) is 54.6 Å². The van der Waals surface area contributed by atoms with Gasteiger partial charge in [-0.1, -0.05) is 30.3 Å². The van der Waals surface area contributed by atoms with Gasteiger partial charge < -0.3 is 19.5 Å². The fraction of sp³-hybridized carbons (Fsp3) is 0.429. The van der Waals surface area contributed by atoms with Gasteiger partial charge in [-0.2, -0.15) is 0 Å². The summed E-state index contributed by atoms with van der Waals surface area (Å²) in [6.07, 6.45) is 3.46. The van der Waals surface area contributed by atoms with Crippen LogP contribution in [0.4, 0.5) is 0 Å². The number of nitrogens with one attached hydrogen (secondary N) is 1. The molecule has 0 unspecified atom stereocenters. The molecule has 1 heterocycles. The van der Waals surface area contributed by atoms with Gasteiger partial charge >= 0.3 is 0 Å². The van der Waals surface area contributed by atoms with Gasteiger partial charge in [0.15, 0.2) is 0 Å². The molecule has 4 heteroatoms. The number of hydrogen-bond acceptors (Lipinski definition) is 3. The summed E-state index contributed by atoms with van der Waals surface area (Å²) in [5.41, 5.74) is 1.14. The molecule has 0 saturated carbocycles. The second kappa shape index (κ2) is 9.44. The number of hydrogen-bond donors (Lipinski definition) is 2. The molecule has 2 aromatic rings. The van der Waals surface area contributed by atoms with Crippen LogP contribution in [0.25, 0.3) is 0 Å². The van der Waals surface area contributed by atoms with Crippen molar-refractivity contribution >= 4 is 0 Å². The molecule has 2 N–H and O–H groups in total. The molecule has 0 aliphatic carbocycles. The number of ether oxygens (including phenoxy) is 2. The zero-order valence-corrected chi connectivity index (χ0v) is 14.7. The summed E-state index contributed by atoms with van der Waals surface area (Å²) < 4.78 is 11.5. The topological polar surface area (TPSA) is 43.1 Å². The summed E-state index contributed by atoms with van der Waals surface area (Å²) >= 11 is 0. The van der Waals surface area contributed by atoms with E-state index < -0.39 is 6.10 Å². The first kappa shape index (κ1) is 17.8.